The Kier molecular flexibility index (Phi) is 12.7. The molecule has 12 nitrogen and oxygen atoms in total. The molecule has 4 amide bonds. The smallest absolute Gasteiger partial charge is 0.323 e. The Morgan fingerprint density at radius 3 is 2.09 bits per heavy atom. The zero-order valence-electron chi connectivity index (χ0n) is 26.3. The maximum atomic E-state index is 13.9. The summed E-state index contributed by atoms with van der Waals surface area (Å²) in [6.45, 7) is 3.83. The lowest BCUT2D eigenvalue weighted by atomic mass is 9.92. The third kappa shape index (κ3) is 10.1. The number of hydrogen-bond donors (Lipinski definition) is 5. The highest BCUT2D eigenvalue weighted by atomic mass is 19.1. The summed E-state index contributed by atoms with van der Waals surface area (Å²) in [5, 5.41) is 20.1. The monoisotopic (exact) mass is 638 g/mol. The van der Waals surface area contributed by atoms with Crippen molar-refractivity contribution < 1.29 is 42.9 Å². The van der Waals surface area contributed by atoms with Crippen molar-refractivity contribution in [3.8, 4) is 17.2 Å². The van der Waals surface area contributed by atoms with Gasteiger partial charge in [0, 0.05) is 24.1 Å². The quantitative estimate of drug-likeness (QED) is 0.139. The van der Waals surface area contributed by atoms with Crippen LogP contribution in [0.15, 0.2) is 60.7 Å². The highest BCUT2D eigenvalue weighted by Gasteiger charge is 2.27. The van der Waals surface area contributed by atoms with E-state index in [9.17, 15) is 28.7 Å². The standard InChI is InChI=1S/C33H39FN4O8/c1-19(2)14-21(32(42)36-26(18-31(40)41)20-10-13-27(44-3)29(15-20)46-5)16-30(39)35-22-11-12-25(28(17-22)45-4)38-33(43)37-24-9-7-6-8-23(24)34/h6-13,15,17,19,21,26H,14,16,18H2,1-5H3,(H,35,39)(H,36,42)(H,40,41)(H2,37,38,43). The Morgan fingerprint density at radius 2 is 1.46 bits per heavy atom. The molecule has 2 unspecified atom stereocenters. The van der Waals surface area contributed by atoms with Crippen molar-refractivity contribution in [2.24, 2.45) is 11.8 Å². The van der Waals surface area contributed by atoms with Crippen LogP contribution in [-0.4, -0.2) is 50.3 Å². The number of benzene rings is 3. The minimum atomic E-state index is -1.12. The second kappa shape index (κ2) is 16.7. The molecule has 0 aromatic heterocycles. The minimum Gasteiger partial charge on any atom is -0.494 e. The van der Waals surface area contributed by atoms with Gasteiger partial charge in [-0.1, -0.05) is 32.0 Å². The molecule has 0 fully saturated rings. The van der Waals surface area contributed by atoms with Crippen LogP contribution in [0.2, 0.25) is 0 Å². The molecule has 0 bridgehead atoms. The van der Waals surface area contributed by atoms with Crippen molar-refractivity contribution in [2.75, 3.05) is 37.3 Å². The summed E-state index contributed by atoms with van der Waals surface area (Å²) in [6.07, 6.45) is -0.197. The summed E-state index contributed by atoms with van der Waals surface area (Å²) in [4.78, 5) is 50.7. The molecule has 0 saturated carbocycles. The van der Waals surface area contributed by atoms with Gasteiger partial charge in [0.1, 0.15) is 11.6 Å². The Balaban J connectivity index is 1.71. The number of aliphatic carboxylic acids is 1. The molecule has 0 aliphatic heterocycles. The van der Waals surface area contributed by atoms with Crippen LogP contribution in [-0.2, 0) is 14.4 Å². The summed E-state index contributed by atoms with van der Waals surface area (Å²) in [5.41, 5.74) is 1.12. The number of carboxylic acids is 1. The summed E-state index contributed by atoms with van der Waals surface area (Å²) >= 11 is 0. The van der Waals surface area contributed by atoms with Crippen molar-refractivity contribution >= 4 is 40.9 Å². The lowest BCUT2D eigenvalue weighted by Crippen LogP contribution is -2.37. The zero-order chi connectivity index (χ0) is 33.8. The topological polar surface area (TPSA) is 164 Å². The van der Waals surface area contributed by atoms with Crippen LogP contribution in [0.4, 0.5) is 26.2 Å². The van der Waals surface area contributed by atoms with E-state index < -0.39 is 41.6 Å². The van der Waals surface area contributed by atoms with E-state index in [0.29, 0.717) is 29.2 Å². The van der Waals surface area contributed by atoms with Gasteiger partial charge in [-0.15, -0.1) is 0 Å². The number of urea groups is 1. The Hall–Kier alpha value is -5.33. The number of halogens is 1. The first-order valence-corrected chi connectivity index (χ1v) is 14.5. The van der Waals surface area contributed by atoms with Crippen molar-refractivity contribution in [1.82, 2.24) is 5.32 Å². The fraction of sp³-hybridized carbons (Fsp3) is 0.333. The predicted octanol–water partition coefficient (Wildman–Crippen LogP) is 5.82. The first-order chi connectivity index (χ1) is 21.9. The molecule has 246 valence electrons. The molecule has 0 radical (unpaired) electrons. The van der Waals surface area contributed by atoms with Crippen molar-refractivity contribution in [2.45, 2.75) is 39.2 Å². The molecule has 3 aromatic rings. The lowest BCUT2D eigenvalue weighted by Gasteiger charge is -2.24. The SMILES string of the molecule is COc1cc(NC(=O)CC(CC(C)C)C(=O)NC(CC(=O)O)c2ccc(OC)c(OC)c2)ccc1NC(=O)Nc1ccccc1F. The van der Waals surface area contributed by atoms with Gasteiger partial charge in [-0.05, 0) is 54.3 Å². The van der Waals surface area contributed by atoms with Gasteiger partial charge in [0.05, 0.1) is 45.2 Å². The van der Waals surface area contributed by atoms with E-state index in [1.54, 1.807) is 24.3 Å². The molecular formula is C33H39FN4O8. The van der Waals surface area contributed by atoms with Crippen LogP contribution in [0.3, 0.4) is 0 Å². The molecule has 5 N–H and O–H groups in total. The summed E-state index contributed by atoms with van der Waals surface area (Å²) in [5.74, 6) is -2.28. The summed E-state index contributed by atoms with van der Waals surface area (Å²) in [7, 11) is 4.32. The van der Waals surface area contributed by atoms with E-state index in [1.807, 2.05) is 13.8 Å². The predicted molar refractivity (Wildman–Crippen MR) is 171 cm³/mol. The molecule has 13 heteroatoms. The number of carbonyl (C=O) groups is 4. The Morgan fingerprint density at radius 1 is 0.783 bits per heavy atom. The normalized spacial score (nSPS) is 12.0. The maximum Gasteiger partial charge on any atom is 0.323 e. The number of methoxy groups -OCH3 is 3. The van der Waals surface area contributed by atoms with Crippen molar-refractivity contribution in [3.63, 3.8) is 0 Å². The van der Waals surface area contributed by atoms with E-state index in [-0.39, 0.29) is 35.9 Å². The van der Waals surface area contributed by atoms with Crippen LogP contribution in [0.1, 0.15) is 44.7 Å². The van der Waals surface area contributed by atoms with E-state index in [2.05, 4.69) is 21.3 Å². The van der Waals surface area contributed by atoms with Gasteiger partial charge in [0.25, 0.3) is 0 Å². The van der Waals surface area contributed by atoms with Gasteiger partial charge < -0.3 is 40.6 Å². The van der Waals surface area contributed by atoms with Gasteiger partial charge in [-0.25, -0.2) is 9.18 Å². The third-order valence-corrected chi connectivity index (χ3v) is 6.92. The minimum absolute atomic E-state index is 0.000783. The van der Waals surface area contributed by atoms with E-state index in [1.165, 1.54) is 57.7 Å². The third-order valence-electron chi connectivity index (χ3n) is 6.92. The molecule has 2 atom stereocenters. The summed E-state index contributed by atoms with van der Waals surface area (Å²) in [6, 6.07) is 13.6. The second-order valence-corrected chi connectivity index (χ2v) is 10.8. The molecular weight excluding hydrogens is 599 g/mol. The summed E-state index contributed by atoms with van der Waals surface area (Å²) < 4.78 is 29.9. The zero-order valence-corrected chi connectivity index (χ0v) is 26.3. The second-order valence-electron chi connectivity index (χ2n) is 10.8. The molecule has 0 aliphatic carbocycles. The molecule has 0 aliphatic rings. The fourth-order valence-electron chi connectivity index (χ4n) is 4.78. The molecule has 3 aromatic carbocycles. The number of amides is 4. The Labute approximate surface area is 266 Å². The van der Waals surface area contributed by atoms with Crippen LogP contribution >= 0.6 is 0 Å². The van der Waals surface area contributed by atoms with Gasteiger partial charge in [0.15, 0.2) is 11.5 Å². The molecule has 0 saturated heterocycles. The van der Waals surface area contributed by atoms with Crippen LogP contribution in [0.25, 0.3) is 0 Å². The van der Waals surface area contributed by atoms with E-state index in [0.717, 1.165) is 0 Å². The van der Waals surface area contributed by atoms with Gasteiger partial charge in [-0.3, -0.25) is 14.4 Å². The highest BCUT2D eigenvalue weighted by Crippen LogP contribution is 2.32. The maximum absolute atomic E-state index is 13.9. The van der Waals surface area contributed by atoms with Gasteiger partial charge >= 0.3 is 12.0 Å². The van der Waals surface area contributed by atoms with Gasteiger partial charge in [-0.2, -0.15) is 0 Å². The van der Waals surface area contributed by atoms with E-state index in [4.69, 9.17) is 14.2 Å². The number of anilines is 3. The average molecular weight is 639 g/mol. The Bertz CT molecular complexity index is 1550. The lowest BCUT2D eigenvalue weighted by molar-refractivity contribution is -0.138. The number of ether oxygens (including phenoxy) is 3. The number of rotatable bonds is 15. The number of hydrogen-bond acceptors (Lipinski definition) is 7. The number of carbonyl (C=O) groups excluding carboxylic acids is 3. The first kappa shape index (κ1) is 35.2. The average Bonchev–Trinajstić information content (AvgIpc) is 3.01. The number of para-hydroxylation sites is 1. The molecule has 3 rings (SSSR count). The van der Waals surface area contributed by atoms with Gasteiger partial charge in [0.2, 0.25) is 11.8 Å². The molecule has 0 heterocycles. The van der Waals surface area contributed by atoms with Crippen molar-refractivity contribution in [3.05, 3.63) is 72.0 Å². The van der Waals surface area contributed by atoms with Crippen LogP contribution in [0, 0.1) is 17.7 Å². The van der Waals surface area contributed by atoms with Crippen LogP contribution < -0.4 is 35.5 Å². The van der Waals surface area contributed by atoms with Crippen LogP contribution in [0.5, 0.6) is 17.2 Å². The molecule has 0 spiro atoms. The largest absolute Gasteiger partial charge is 0.494 e. The van der Waals surface area contributed by atoms with E-state index >= 15 is 0 Å². The number of carboxylic acid groups (broad SMARTS) is 1. The fourth-order valence-corrected chi connectivity index (χ4v) is 4.78. The van der Waals surface area contributed by atoms with Crippen molar-refractivity contribution in [1.29, 1.82) is 0 Å². The first-order valence-electron chi connectivity index (χ1n) is 14.5. The molecule has 46 heavy (non-hydrogen) atoms. The highest BCUT2D eigenvalue weighted by molar-refractivity contribution is 6.01. The number of nitrogens with one attached hydrogen (secondary N) is 4.